The zero-order chi connectivity index (χ0) is 24.4. The van der Waals surface area contributed by atoms with Crippen molar-refractivity contribution in [3.05, 3.63) is 58.9 Å². The van der Waals surface area contributed by atoms with Gasteiger partial charge in [0.15, 0.2) is 0 Å². The van der Waals surface area contributed by atoms with E-state index in [-0.39, 0.29) is 28.6 Å². The highest BCUT2D eigenvalue weighted by Gasteiger charge is 2.45. The molecule has 0 spiro atoms. The molecule has 182 valence electrons. The van der Waals surface area contributed by atoms with Gasteiger partial charge in [0.05, 0.1) is 18.0 Å². The number of nitrogens with zero attached hydrogens (tertiary/aromatic N) is 2. The van der Waals surface area contributed by atoms with Gasteiger partial charge in [0.25, 0.3) is 11.3 Å². The van der Waals surface area contributed by atoms with Crippen LogP contribution in [0.5, 0.6) is 5.75 Å². The van der Waals surface area contributed by atoms with Gasteiger partial charge in [0, 0.05) is 18.0 Å². The maximum Gasteiger partial charge on any atom is 0.341 e. The number of ether oxygens (including phenoxy) is 1. The van der Waals surface area contributed by atoms with Crippen LogP contribution in [0.2, 0.25) is 0 Å². The van der Waals surface area contributed by atoms with Crippen LogP contribution in [0.15, 0.2) is 36.4 Å². The van der Waals surface area contributed by atoms with E-state index in [1.807, 2.05) is 6.08 Å². The normalized spacial score (nSPS) is 19.4. The van der Waals surface area contributed by atoms with Crippen LogP contribution in [0.25, 0.3) is 6.08 Å². The number of rotatable bonds is 10. The lowest BCUT2D eigenvalue weighted by atomic mass is 9.99. The Labute approximate surface area is 201 Å². The predicted molar refractivity (Wildman–Crippen MR) is 130 cm³/mol. The minimum atomic E-state index is -2.62. The third-order valence-corrected chi connectivity index (χ3v) is 7.24. The molecule has 2 aliphatic rings. The van der Waals surface area contributed by atoms with E-state index in [1.165, 1.54) is 24.3 Å². The third kappa shape index (κ3) is 4.87. The largest absolute Gasteiger partial charge is 0.492 e. The van der Waals surface area contributed by atoms with E-state index in [9.17, 15) is 23.1 Å². The van der Waals surface area contributed by atoms with E-state index >= 15 is 0 Å². The Bertz CT molecular complexity index is 1130. The van der Waals surface area contributed by atoms with Gasteiger partial charge in [-0.3, -0.25) is 4.55 Å². The van der Waals surface area contributed by atoms with E-state index in [0.29, 0.717) is 18.1 Å². The van der Waals surface area contributed by atoms with Gasteiger partial charge in [-0.25, -0.2) is 17.7 Å². The highest BCUT2D eigenvalue weighted by molar-refractivity contribution is 7.81. The summed E-state index contributed by atoms with van der Waals surface area (Å²) < 4.78 is 43.7. The Hall–Kier alpha value is -2.75. The van der Waals surface area contributed by atoms with Crippen molar-refractivity contribution in [3.63, 3.8) is 0 Å². The van der Waals surface area contributed by atoms with Gasteiger partial charge >= 0.3 is 5.97 Å². The second-order valence-electron chi connectivity index (χ2n) is 8.54. The molecule has 1 heterocycles. The molecule has 1 fully saturated rings. The summed E-state index contributed by atoms with van der Waals surface area (Å²) in [5.41, 5.74) is 1.28. The van der Waals surface area contributed by atoms with Crippen LogP contribution in [-0.2, 0) is 11.3 Å². The fourth-order valence-corrected chi connectivity index (χ4v) is 5.22. The van der Waals surface area contributed by atoms with Crippen molar-refractivity contribution in [1.82, 2.24) is 4.90 Å². The molecule has 4 rings (SSSR count). The standard InChI is InChI=1S/C25H29FN2O5S/c1-3-27(4-2)12-6-5-7-16-13-18(26)8-10-21(16)28(34(31)32)22-11-9-19-20-14-17(20)15-33-24(19)23(22)25(29)30/h5,7-11,13,17,20H,3-4,6,12,14-15H2,1-2H3,(H,29,30)(H,31,32). The lowest BCUT2D eigenvalue weighted by Crippen LogP contribution is -2.24. The van der Waals surface area contributed by atoms with Crippen molar-refractivity contribution < 1.29 is 27.8 Å². The molecule has 0 aromatic heterocycles. The average molecular weight is 489 g/mol. The molecule has 9 heteroatoms. The zero-order valence-corrected chi connectivity index (χ0v) is 20.1. The van der Waals surface area contributed by atoms with Gasteiger partial charge in [-0.05, 0) is 61.7 Å². The SMILES string of the molecule is CCN(CC)CCC=Cc1cc(F)ccc1N(c1ccc2c(c1C(=O)O)OCC1CC21)S(=O)O. The number of hydrogen-bond acceptors (Lipinski definition) is 4. The first-order chi connectivity index (χ1) is 16.3. The molecular formula is C25H29FN2O5S. The molecule has 2 aromatic carbocycles. The topological polar surface area (TPSA) is 90.3 Å². The highest BCUT2D eigenvalue weighted by atomic mass is 32.2. The zero-order valence-electron chi connectivity index (χ0n) is 19.2. The number of carbonyl (C=O) groups is 1. The average Bonchev–Trinajstić information content (AvgIpc) is 3.60. The second kappa shape index (κ2) is 10.2. The van der Waals surface area contributed by atoms with Crippen molar-refractivity contribution >= 4 is 34.7 Å². The van der Waals surface area contributed by atoms with Gasteiger partial charge in [-0.2, -0.15) is 0 Å². The molecule has 3 unspecified atom stereocenters. The molecule has 7 nitrogen and oxygen atoms in total. The number of carboxylic acids is 1. The first kappa shape index (κ1) is 24.4. The first-order valence-electron chi connectivity index (χ1n) is 11.5. The Balaban J connectivity index is 1.74. The second-order valence-corrected chi connectivity index (χ2v) is 9.37. The molecule has 3 atom stereocenters. The van der Waals surface area contributed by atoms with Gasteiger partial charge < -0.3 is 14.7 Å². The van der Waals surface area contributed by atoms with Crippen molar-refractivity contribution in [3.8, 4) is 5.75 Å². The van der Waals surface area contributed by atoms with Crippen molar-refractivity contribution in [2.45, 2.75) is 32.6 Å². The monoisotopic (exact) mass is 488 g/mol. The number of halogens is 1. The van der Waals surface area contributed by atoms with Gasteiger partial charge in [0.1, 0.15) is 17.1 Å². The maximum absolute atomic E-state index is 14.1. The number of aromatic carboxylic acids is 1. The van der Waals surface area contributed by atoms with Gasteiger partial charge in [-0.15, -0.1) is 0 Å². The molecule has 1 saturated carbocycles. The Morgan fingerprint density at radius 1 is 1.24 bits per heavy atom. The van der Waals surface area contributed by atoms with Crippen LogP contribution in [-0.4, -0.2) is 51.0 Å². The molecule has 0 bridgehead atoms. The molecule has 0 radical (unpaired) electrons. The highest BCUT2D eigenvalue weighted by Crippen LogP contribution is 2.56. The minimum Gasteiger partial charge on any atom is -0.492 e. The van der Waals surface area contributed by atoms with Crippen LogP contribution >= 0.6 is 0 Å². The van der Waals surface area contributed by atoms with E-state index in [2.05, 4.69) is 18.7 Å². The van der Waals surface area contributed by atoms with E-state index in [4.69, 9.17) is 4.74 Å². The van der Waals surface area contributed by atoms with Crippen LogP contribution in [0.3, 0.4) is 0 Å². The summed E-state index contributed by atoms with van der Waals surface area (Å²) >= 11 is -2.62. The van der Waals surface area contributed by atoms with Crippen LogP contribution in [0.4, 0.5) is 15.8 Å². The number of anilines is 2. The quantitative estimate of drug-likeness (QED) is 0.456. The molecular weight excluding hydrogens is 459 g/mol. The van der Waals surface area contributed by atoms with E-state index in [0.717, 1.165) is 42.3 Å². The molecule has 0 amide bonds. The lowest BCUT2D eigenvalue weighted by molar-refractivity contribution is 0.0692. The van der Waals surface area contributed by atoms with Crippen molar-refractivity contribution in [2.24, 2.45) is 5.92 Å². The lowest BCUT2D eigenvalue weighted by Gasteiger charge is -2.27. The smallest absolute Gasteiger partial charge is 0.341 e. The Morgan fingerprint density at radius 2 is 1.97 bits per heavy atom. The van der Waals surface area contributed by atoms with Crippen LogP contribution < -0.4 is 9.04 Å². The molecule has 34 heavy (non-hydrogen) atoms. The third-order valence-electron chi connectivity index (χ3n) is 6.53. The summed E-state index contributed by atoms with van der Waals surface area (Å²) in [4.78, 5) is 14.5. The summed E-state index contributed by atoms with van der Waals surface area (Å²) in [7, 11) is 0. The number of hydrogen-bond donors (Lipinski definition) is 2. The summed E-state index contributed by atoms with van der Waals surface area (Å²) in [6.07, 6.45) is 5.25. The fourth-order valence-electron chi connectivity index (χ4n) is 4.56. The number of fused-ring (bicyclic) bond motifs is 3. The predicted octanol–water partition coefficient (Wildman–Crippen LogP) is 5.04. The van der Waals surface area contributed by atoms with Gasteiger partial charge in [-0.1, -0.05) is 32.1 Å². The van der Waals surface area contributed by atoms with Crippen molar-refractivity contribution in [2.75, 3.05) is 30.5 Å². The number of benzene rings is 2. The summed E-state index contributed by atoms with van der Waals surface area (Å²) in [5, 5.41) is 10.0. The van der Waals surface area contributed by atoms with E-state index in [1.54, 1.807) is 12.1 Å². The summed E-state index contributed by atoms with van der Waals surface area (Å²) in [6.45, 7) is 7.27. The summed E-state index contributed by atoms with van der Waals surface area (Å²) in [6, 6.07) is 7.15. The minimum absolute atomic E-state index is 0.0237. The Morgan fingerprint density at radius 3 is 2.65 bits per heavy atom. The maximum atomic E-state index is 14.1. The summed E-state index contributed by atoms with van der Waals surface area (Å²) in [5.74, 6) is -0.840. The molecule has 1 aliphatic carbocycles. The van der Waals surface area contributed by atoms with Crippen molar-refractivity contribution in [1.29, 1.82) is 0 Å². The molecule has 2 aromatic rings. The molecule has 2 N–H and O–H groups in total. The fraction of sp³-hybridized carbons (Fsp3) is 0.400. The number of carboxylic acid groups (broad SMARTS) is 1. The first-order valence-corrected chi connectivity index (χ1v) is 12.5. The van der Waals surface area contributed by atoms with E-state index < -0.39 is 23.1 Å². The molecule has 0 saturated heterocycles. The van der Waals surface area contributed by atoms with Crippen LogP contribution in [0, 0.1) is 11.7 Å². The Kier molecular flexibility index (Phi) is 7.35. The molecule has 1 aliphatic heterocycles. The van der Waals surface area contributed by atoms with Gasteiger partial charge in [0.2, 0.25) is 0 Å². The van der Waals surface area contributed by atoms with Crippen LogP contribution in [0.1, 0.15) is 54.1 Å².